The molecule has 0 heterocycles. The maximum Gasteiger partial charge on any atom is 0.185 e. The van der Waals surface area contributed by atoms with E-state index in [9.17, 15) is 0 Å². The monoisotopic (exact) mass is 291 g/mol. The van der Waals surface area contributed by atoms with Gasteiger partial charge in [-0.15, -0.1) is 0 Å². The molecule has 94 valence electrons. The Hall–Kier alpha value is -0.710. The lowest BCUT2D eigenvalue weighted by Crippen LogP contribution is -2.39. The van der Waals surface area contributed by atoms with Crippen molar-refractivity contribution in [2.75, 3.05) is 12.0 Å². The number of hydrogen-bond acceptors (Lipinski definition) is 2. The van der Waals surface area contributed by atoms with E-state index in [0.717, 1.165) is 25.1 Å². The van der Waals surface area contributed by atoms with E-state index in [0.29, 0.717) is 15.2 Å². The van der Waals surface area contributed by atoms with Gasteiger partial charge in [-0.25, -0.2) is 0 Å². The van der Waals surface area contributed by atoms with Gasteiger partial charge in [-0.3, -0.25) is 10.9 Å². The Kier molecular flexibility index (Phi) is 6.40. The number of hydrazine groups is 1. The molecule has 0 saturated carbocycles. The van der Waals surface area contributed by atoms with Gasteiger partial charge in [0.25, 0.3) is 0 Å². The maximum absolute atomic E-state index is 5.99. The standard InChI is InChI=1S/C11H15Cl2N3S/c1-2-3-6-14-11(17)16-15-10-5-4-8(12)7-9(10)13/h4-5,7,15H,2-3,6H2,1H3,(H2,14,16,17). The highest BCUT2D eigenvalue weighted by atomic mass is 35.5. The molecule has 6 heteroatoms. The Morgan fingerprint density at radius 3 is 2.76 bits per heavy atom. The van der Waals surface area contributed by atoms with Crippen LogP contribution in [0.1, 0.15) is 19.8 Å². The van der Waals surface area contributed by atoms with E-state index < -0.39 is 0 Å². The summed E-state index contributed by atoms with van der Waals surface area (Å²) in [5, 5.41) is 4.76. The number of thiocarbonyl (C=S) groups is 1. The Morgan fingerprint density at radius 2 is 2.12 bits per heavy atom. The molecule has 3 N–H and O–H groups in total. The van der Waals surface area contributed by atoms with E-state index in [2.05, 4.69) is 23.1 Å². The van der Waals surface area contributed by atoms with Crippen molar-refractivity contribution in [3.8, 4) is 0 Å². The average molecular weight is 292 g/mol. The summed E-state index contributed by atoms with van der Waals surface area (Å²) >= 11 is 16.9. The fourth-order valence-electron chi connectivity index (χ4n) is 1.14. The average Bonchev–Trinajstić information content (AvgIpc) is 2.28. The third-order valence-electron chi connectivity index (χ3n) is 2.06. The number of nitrogens with one attached hydrogen (secondary N) is 3. The predicted octanol–water partition coefficient (Wildman–Crippen LogP) is 3.58. The van der Waals surface area contributed by atoms with Crippen molar-refractivity contribution >= 4 is 46.2 Å². The molecule has 0 aliphatic carbocycles. The van der Waals surface area contributed by atoms with Crippen molar-refractivity contribution in [3.05, 3.63) is 28.2 Å². The van der Waals surface area contributed by atoms with Crippen molar-refractivity contribution < 1.29 is 0 Å². The van der Waals surface area contributed by atoms with Crippen LogP contribution in [0.3, 0.4) is 0 Å². The zero-order valence-electron chi connectivity index (χ0n) is 9.52. The van der Waals surface area contributed by atoms with Crippen LogP contribution >= 0.6 is 35.4 Å². The van der Waals surface area contributed by atoms with Gasteiger partial charge in [0.2, 0.25) is 0 Å². The molecule has 0 aromatic heterocycles. The molecule has 3 nitrogen and oxygen atoms in total. The Morgan fingerprint density at radius 1 is 1.35 bits per heavy atom. The molecule has 0 unspecified atom stereocenters. The zero-order chi connectivity index (χ0) is 12.7. The second-order valence-electron chi connectivity index (χ2n) is 3.48. The molecule has 0 amide bonds. The van der Waals surface area contributed by atoms with Crippen LogP contribution in [0.5, 0.6) is 0 Å². The number of rotatable bonds is 5. The first kappa shape index (κ1) is 14.4. The SMILES string of the molecule is CCCCNC(=S)NNc1ccc(Cl)cc1Cl. The molecule has 17 heavy (non-hydrogen) atoms. The zero-order valence-corrected chi connectivity index (χ0v) is 11.8. The van der Waals surface area contributed by atoms with Crippen molar-refractivity contribution in [2.45, 2.75) is 19.8 Å². The smallest absolute Gasteiger partial charge is 0.185 e. The number of benzene rings is 1. The number of hydrogen-bond donors (Lipinski definition) is 3. The first-order chi connectivity index (χ1) is 8.13. The summed E-state index contributed by atoms with van der Waals surface area (Å²) in [7, 11) is 0. The first-order valence-electron chi connectivity index (χ1n) is 5.38. The highest BCUT2D eigenvalue weighted by Gasteiger charge is 2.01. The summed E-state index contributed by atoms with van der Waals surface area (Å²) in [6.45, 7) is 2.99. The van der Waals surface area contributed by atoms with Crippen molar-refractivity contribution in [3.63, 3.8) is 0 Å². The summed E-state index contributed by atoms with van der Waals surface area (Å²) in [5.41, 5.74) is 6.52. The predicted molar refractivity (Wildman–Crippen MR) is 78.7 cm³/mol. The minimum Gasteiger partial charge on any atom is -0.361 e. The van der Waals surface area contributed by atoms with E-state index >= 15 is 0 Å². The summed E-state index contributed by atoms with van der Waals surface area (Å²) in [6.07, 6.45) is 2.22. The van der Waals surface area contributed by atoms with Crippen LogP contribution in [-0.4, -0.2) is 11.7 Å². The van der Waals surface area contributed by atoms with Crippen LogP contribution in [0, 0.1) is 0 Å². The molecule has 1 rings (SSSR count). The van der Waals surface area contributed by atoms with Crippen LogP contribution in [-0.2, 0) is 0 Å². The summed E-state index contributed by atoms with van der Waals surface area (Å²) in [6, 6.07) is 5.21. The lowest BCUT2D eigenvalue weighted by atomic mass is 10.3. The molecule has 0 aliphatic heterocycles. The fourth-order valence-corrected chi connectivity index (χ4v) is 1.75. The molecule has 0 atom stereocenters. The lowest BCUT2D eigenvalue weighted by molar-refractivity contribution is 0.748. The number of anilines is 1. The van der Waals surface area contributed by atoms with Crippen LogP contribution in [0.2, 0.25) is 10.0 Å². The maximum atomic E-state index is 5.99. The molecule has 1 aromatic rings. The largest absolute Gasteiger partial charge is 0.361 e. The molecule has 0 radical (unpaired) electrons. The van der Waals surface area contributed by atoms with Crippen LogP contribution in [0.15, 0.2) is 18.2 Å². The molecule has 0 saturated heterocycles. The molecule has 0 bridgehead atoms. The summed E-state index contributed by atoms with van der Waals surface area (Å²) in [4.78, 5) is 0. The van der Waals surface area contributed by atoms with Gasteiger partial charge in [-0.05, 0) is 36.8 Å². The third-order valence-corrected chi connectivity index (χ3v) is 2.85. The molecular weight excluding hydrogens is 277 g/mol. The van der Waals surface area contributed by atoms with Crippen LogP contribution < -0.4 is 16.2 Å². The second-order valence-corrected chi connectivity index (χ2v) is 4.74. The van der Waals surface area contributed by atoms with Gasteiger partial charge < -0.3 is 5.32 Å². The van der Waals surface area contributed by atoms with Gasteiger partial charge >= 0.3 is 0 Å². The Balaban J connectivity index is 2.37. The van der Waals surface area contributed by atoms with Gasteiger partial charge in [-0.2, -0.15) is 0 Å². The van der Waals surface area contributed by atoms with E-state index in [1.54, 1.807) is 18.2 Å². The molecule has 0 fully saturated rings. The second kappa shape index (κ2) is 7.58. The van der Waals surface area contributed by atoms with E-state index in [-0.39, 0.29) is 0 Å². The van der Waals surface area contributed by atoms with Gasteiger partial charge in [-0.1, -0.05) is 36.5 Å². The molecule has 0 aliphatic rings. The van der Waals surface area contributed by atoms with Gasteiger partial charge in [0, 0.05) is 11.6 Å². The topological polar surface area (TPSA) is 36.1 Å². The third kappa shape index (κ3) is 5.44. The van der Waals surface area contributed by atoms with Crippen LogP contribution in [0.25, 0.3) is 0 Å². The van der Waals surface area contributed by atoms with E-state index in [1.165, 1.54) is 0 Å². The Labute approximate surface area is 117 Å². The highest BCUT2D eigenvalue weighted by Crippen LogP contribution is 2.24. The Bertz CT molecular complexity index is 385. The fraction of sp³-hybridized carbons (Fsp3) is 0.364. The minimum absolute atomic E-state index is 0.543. The molecule has 1 aromatic carbocycles. The summed E-state index contributed by atoms with van der Waals surface area (Å²) in [5.74, 6) is 0. The minimum atomic E-state index is 0.543. The van der Waals surface area contributed by atoms with Gasteiger partial charge in [0.05, 0.1) is 10.7 Å². The van der Waals surface area contributed by atoms with E-state index in [1.807, 2.05) is 0 Å². The van der Waals surface area contributed by atoms with Crippen LogP contribution in [0.4, 0.5) is 5.69 Å². The highest BCUT2D eigenvalue weighted by molar-refractivity contribution is 7.80. The van der Waals surface area contributed by atoms with Gasteiger partial charge in [0.15, 0.2) is 5.11 Å². The van der Waals surface area contributed by atoms with E-state index in [4.69, 9.17) is 35.4 Å². The lowest BCUT2D eigenvalue weighted by Gasteiger charge is -2.13. The molecular formula is C11H15Cl2N3S. The van der Waals surface area contributed by atoms with Crippen molar-refractivity contribution in [2.24, 2.45) is 0 Å². The number of unbranched alkanes of at least 4 members (excludes halogenated alkanes) is 1. The summed E-state index contributed by atoms with van der Waals surface area (Å²) < 4.78 is 0. The molecule has 0 spiro atoms. The van der Waals surface area contributed by atoms with Crippen molar-refractivity contribution in [1.29, 1.82) is 0 Å². The van der Waals surface area contributed by atoms with Gasteiger partial charge in [0.1, 0.15) is 0 Å². The first-order valence-corrected chi connectivity index (χ1v) is 6.54. The van der Waals surface area contributed by atoms with Crippen molar-refractivity contribution in [1.82, 2.24) is 10.7 Å². The normalized spacial score (nSPS) is 9.82. The quantitative estimate of drug-likeness (QED) is 0.440. The number of halogens is 2.